The summed E-state index contributed by atoms with van der Waals surface area (Å²) in [5, 5.41) is 0. The summed E-state index contributed by atoms with van der Waals surface area (Å²) in [7, 11) is -0.250. The van der Waals surface area contributed by atoms with Gasteiger partial charge in [-0.25, -0.2) is 9.97 Å². The molecule has 1 aliphatic heterocycles. The van der Waals surface area contributed by atoms with E-state index in [2.05, 4.69) is 84.6 Å². The van der Waals surface area contributed by atoms with Gasteiger partial charge in [0.1, 0.15) is 0 Å². The predicted octanol–water partition coefficient (Wildman–Crippen LogP) is 7.95. The number of halogens is 1. The molecule has 198 valence electrons. The van der Waals surface area contributed by atoms with Crippen LogP contribution in [0.5, 0.6) is 0 Å². The topological polar surface area (TPSA) is 54.1 Å². The van der Waals surface area contributed by atoms with Gasteiger partial charge in [-0.2, -0.15) is 0 Å². The number of rotatable bonds is 4. The number of imidazole rings is 2. The number of benzene rings is 2. The van der Waals surface area contributed by atoms with Crippen LogP contribution in [0.2, 0.25) is 0 Å². The molecule has 4 aromatic rings. The molecule has 7 rings (SSSR count). The van der Waals surface area contributed by atoms with Crippen LogP contribution in [-0.4, -0.2) is 37.4 Å². The molecular formula is C30H36BBrN4O2. The molecule has 2 aliphatic carbocycles. The van der Waals surface area contributed by atoms with Crippen molar-refractivity contribution in [1.82, 2.24) is 19.1 Å². The first-order chi connectivity index (χ1) is 18.1. The summed E-state index contributed by atoms with van der Waals surface area (Å²) in [6.45, 7) is 15.5. The van der Waals surface area contributed by atoms with Crippen molar-refractivity contribution in [2.24, 2.45) is 0 Å². The van der Waals surface area contributed by atoms with Crippen molar-refractivity contribution in [3.8, 4) is 0 Å². The zero-order valence-corrected chi connectivity index (χ0v) is 24.3. The molecule has 2 aromatic carbocycles. The Bertz CT molecular complexity index is 1450. The fraction of sp³-hybridized carbons (Fsp3) is 0.400. The number of hydrogen-bond donors (Lipinski definition) is 0. The van der Waals surface area contributed by atoms with Gasteiger partial charge in [0.15, 0.2) is 0 Å². The van der Waals surface area contributed by atoms with Gasteiger partial charge < -0.3 is 18.4 Å². The molecule has 1 saturated heterocycles. The first-order valence-electron chi connectivity index (χ1n) is 13.3. The average molecular weight is 575 g/mol. The van der Waals surface area contributed by atoms with Crippen LogP contribution in [0.3, 0.4) is 0 Å². The Kier molecular flexibility index (Phi) is 7.42. The maximum Gasteiger partial charge on any atom is 0.486 e. The summed E-state index contributed by atoms with van der Waals surface area (Å²) in [4.78, 5) is 8.78. The highest BCUT2D eigenvalue weighted by molar-refractivity contribution is 9.10. The van der Waals surface area contributed by atoms with Crippen LogP contribution in [0, 0.1) is 0 Å². The SMILES string of the molecule is Brc1ccc2c(c1)ncn2C1CC1.C=CB1OC(C)(C)C(C)(C)O1.C=Cc1ccc2c(c1)ncn2C1CC1. The predicted molar refractivity (Wildman–Crippen MR) is 160 cm³/mol. The molecule has 2 saturated carbocycles. The zero-order valence-electron chi connectivity index (χ0n) is 22.7. The van der Waals surface area contributed by atoms with Crippen molar-refractivity contribution in [1.29, 1.82) is 0 Å². The molecule has 8 heteroatoms. The molecule has 3 fully saturated rings. The highest BCUT2D eigenvalue weighted by Crippen LogP contribution is 2.38. The summed E-state index contributed by atoms with van der Waals surface area (Å²) in [5.41, 5.74) is 5.34. The number of nitrogens with zero attached hydrogens (tertiary/aromatic N) is 4. The summed E-state index contributed by atoms with van der Waals surface area (Å²) < 4.78 is 16.8. The van der Waals surface area contributed by atoms with E-state index in [1.54, 1.807) is 5.98 Å². The number of hydrogen-bond acceptors (Lipinski definition) is 4. The van der Waals surface area contributed by atoms with Gasteiger partial charge in [-0.05, 0) is 89.3 Å². The molecule has 0 N–H and O–H groups in total. The molecule has 3 heterocycles. The Balaban J connectivity index is 0.000000117. The normalized spacial score (nSPS) is 19.4. The average Bonchev–Trinajstić information content (AvgIpc) is 3.82. The van der Waals surface area contributed by atoms with E-state index >= 15 is 0 Å². The van der Waals surface area contributed by atoms with Gasteiger partial charge in [-0.1, -0.05) is 40.6 Å². The monoisotopic (exact) mass is 574 g/mol. The quantitative estimate of drug-likeness (QED) is 0.232. The molecular weight excluding hydrogens is 539 g/mol. The van der Waals surface area contributed by atoms with Crippen molar-refractivity contribution in [2.45, 2.75) is 76.7 Å². The molecule has 0 bridgehead atoms. The molecule has 0 atom stereocenters. The molecule has 3 aliphatic rings. The molecule has 0 unspecified atom stereocenters. The number of fused-ring (bicyclic) bond motifs is 2. The standard InChI is InChI=1S/C12H12N2.C10H9BrN2.C8H15BO2/c1-2-9-3-6-12-11(7-9)13-8-14(12)10-4-5-10;11-7-1-4-10-9(5-7)12-6-13(10)8-2-3-8;1-6-9-10-7(2,3)8(4,5)11-9/h2-3,6-8,10H,1,4-5H2;1,4-6,8H,2-3H2;6H,1H2,2-5H3. The Labute approximate surface area is 234 Å². The Morgan fingerprint density at radius 2 is 1.34 bits per heavy atom. The van der Waals surface area contributed by atoms with Gasteiger partial charge in [0.2, 0.25) is 0 Å². The van der Waals surface area contributed by atoms with Crippen molar-refractivity contribution < 1.29 is 9.31 Å². The zero-order chi connectivity index (χ0) is 27.1. The molecule has 2 aromatic heterocycles. The van der Waals surface area contributed by atoms with Crippen LogP contribution in [0.4, 0.5) is 0 Å². The largest absolute Gasteiger partial charge is 0.486 e. The highest BCUT2D eigenvalue weighted by atomic mass is 79.9. The molecule has 0 amide bonds. The van der Waals surface area contributed by atoms with E-state index in [1.807, 2.05) is 46.4 Å². The van der Waals surface area contributed by atoms with Gasteiger partial charge in [-0.15, -0.1) is 6.58 Å². The van der Waals surface area contributed by atoms with E-state index in [-0.39, 0.29) is 18.3 Å². The maximum absolute atomic E-state index is 5.57. The summed E-state index contributed by atoms with van der Waals surface area (Å²) in [5.74, 6) is 1.68. The van der Waals surface area contributed by atoms with Crippen LogP contribution in [0.15, 0.2) is 72.7 Å². The van der Waals surface area contributed by atoms with E-state index < -0.39 is 0 Å². The fourth-order valence-electron chi connectivity index (χ4n) is 4.45. The van der Waals surface area contributed by atoms with Crippen molar-refractivity contribution >= 4 is 51.2 Å². The number of aromatic nitrogens is 4. The lowest BCUT2D eigenvalue weighted by atomic mass is 9.90. The maximum atomic E-state index is 5.57. The molecule has 38 heavy (non-hydrogen) atoms. The Hall–Kier alpha value is -2.68. The lowest BCUT2D eigenvalue weighted by molar-refractivity contribution is 0.00578. The van der Waals surface area contributed by atoms with E-state index in [0.29, 0.717) is 12.1 Å². The minimum Gasteiger partial charge on any atom is -0.400 e. The lowest BCUT2D eigenvalue weighted by Gasteiger charge is -2.32. The Morgan fingerprint density at radius 1 is 0.842 bits per heavy atom. The van der Waals surface area contributed by atoms with Crippen molar-refractivity contribution in [3.63, 3.8) is 0 Å². The second-order valence-electron chi connectivity index (χ2n) is 11.2. The third kappa shape index (κ3) is 5.68. The third-order valence-electron chi connectivity index (χ3n) is 7.72. The van der Waals surface area contributed by atoms with E-state index in [0.717, 1.165) is 21.1 Å². The lowest BCUT2D eigenvalue weighted by Crippen LogP contribution is -2.41. The fourth-order valence-corrected chi connectivity index (χ4v) is 4.80. The highest BCUT2D eigenvalue weighted by Gasteiger charge is 2.49. The molecule has 6 nitrogen and oxygen atoms in total. The van der Waals surface area contributed by atoms with Crippen molar-refractivity contribution in [3.05, 3.63) is 78.2 Å². The van der Waals surface area contributed by atoms with Crippen LogP contribution >= 0.6 is 15.9 Å². The van der Waals surface area contributed by atoms with Crippen LogP contribution in [0.25, 0.3) is 28.1 Å². The second-order valence-corrected chi connectivity index (χ2v) is 12.1. The summed E-state index contributed by atoms with van der Waals surface area (Å²) in [6, 6.07) is 14.0. The van der Waals surface area contributed by atoms with Gasteiger partial charge in [0.05, 0.1) is 45.9 Å². The van der Waals surface area contributed by atoms with Gasteiger partial charge in [0.25, 0.3) is 0 Å². The van der Waals surface area contributed by atoms with Crippen LogP contribution < -0.4 is 0 Å². The minimum atomic E-state index is -0.250. The summed E-state index contributed by atoms with van der Waals surface area (Å²) >= 11 is 3.45. The van der Waals surface area contributed by atoms with Crippen LogP contribution in [-0.2, 0) is 9.31 Å². The summed E-state index contributed by atoms with van der Waals surface area (Å²) in [6.07, 6.45) is 11.0. The minimum absolute atomic E-state index is 0.230. The third-order valence-corrected chi connectivity index (χ3v) is 8.21. The van der Waals surface area contributed by atoms with Crippen LogP contribution in [0.1, 0.15) is 71.0 Å². The molecule has 0 spiro atoms. The molecule has 0 radical (unpaired) electrons. The first-order valence-corrected chi connectivity index (χ1v) is 14.1. The van der Waals surface area contributed by atoms with Gasteiger partial charge in [0, 0.05) is 16.6 Å². The van der Waals surface area contributed by atoms with Gasteiger partial charge in [-0.3, -0.25) is 0 Å². The van der Waals surface area contributed by atoms with E-state index in [9.17, 15) is 0 Å². The van der Waals surface area contributed by atoms with Crippen molar-refractivity contribution in [2.75, 3.05) is 0 Å². The smallest absolute Gasteiger partial charge is 0.400 e. The second kappa shape index (κ2) is 10.5. The van der Waals surface area contributed by atoms with E-state index in [1.165, 1.54) is 36.7 Å². The first kappa shape index (κ1) is 26.9. The Morgan fingerprint density at radius 3 is 1.79 bits per heavy atom. The van der Waals surface area contributed by atoms with E-state index in [4.69, 9.17) is 9.31 Å². The van der Waals surface area contributed by atoms with Gasteiger partial charge >= 0.3 is 7.12 Å².